The fraction of sp³-hybridized carbons (Fsp3) is 0.333. The molecule has 5 heteroatoms. The van der Waals surface area contributed by atoms with Crippen LogP contribution in [0.1, 0.15) is 23.2 Å². The van der Waals surface area contributed by atoms with Crippen molar-refractivity contribution in [1.82, 2.24) is 10.3 Å². The van der Waals surface area contributed by atoms with Crippen molar-refractivity contribution in [2.24, 2.45) is 0 Å². The lowest BCUT2D eigenvalue weighted by atomic mass is 10.1. The van der Waals surface area contributed by atoms with Crippen LogP contribution in [0, 0.1) is 0 Å². The highest BCUT2D eigenvalue weighted by molar-refractivity contribution is 6.00. The lowest BCUT2D eigenvalue weighted by molar-refractivity contribution is 0.0695. The van der Waals surface area contributed by atoms with Crippen LogP contribution < -0.4 is 5.32 Å². The van der Waals surface area contributed by atoms with Gasteiger partial charge >= 0.3 is 0 Å². The summed E-state index contributed by atoms with van der Waals surface area (Å²) in [7, 11) is 0. The Labute approximate surface area is 116 Å². The van der Waals surface area contributed by atoms with Gasteiger partial charge in [0, 0.05) is 30.8 Å². The minimum absolute atomic E-state index is 0.0185. The molecule has 0 atom stereocenters. The number of aromatic hydroxyl groups is 1. The summed E-state index contributed by atoms with van der Waals surface area (Å²) < 4.78 is 5.26. The van der Waals surface area contributed by atoms with Gasteiger partial charge in [0.05, 0.1) is 11.1 Å². The molecule has 0 saturated carbocycles. The van der Waals surface area contributed by atoms with E-state index < -0.39 is 0 Å². The zero-order chi connectivity index (χ0) is 13.9. The quantitative estimate of drug-likeness (QED) is 0.875. The maximum absolute atomic E-state index is 12.2. The summed E-state index contributed by atoms with van der Waals surface area (Å²) >= 11 is 0. The number of amides is 1. The Morgan fingerprint density at radius 3 is 2.95 bits per heavy atom. The van der Waals surface area contributed by atoms with Gasteiger partial charge < -0.3 is 15.2 Å². The first-order valence-electron chi connectivity index (χ1n) is 6.70. The molecule has 0 radical (unpaired) electrons. The number of pyridine rings is 1. The van der Waals surface area contributed by atoms with E-state index in [4.69, 9.17) is 4.74 Å². The number of phenols is 1. The second-order valence-electron chi connectivity index (χ2n) is 4.93. The van der Waals surface area contributed by atoms with E-state index in [-0.39, 0.29) is 23.3 Å². The molecule has 1 aromatic heterocycles. The number of aromatic nitrogens is 1. The summed E-state index contributed by atoms with van der Waals surface area (Å²) in [4.78, 5) is 16.4. The molecule has 5 nitrogen and oxygen atoms in total. The highest BCUT2D eigenvalue weighted by Gasteiger charge is 2.19. The fourth-order valence-corrected chi connectivity index (χ4v) is 2.40. The van der Waals surface area contributed by atoms with Crippen molar-refractivity contribution in [3.63, 3.8) is 0 Å². The highest BCUT2D eigenvalue weighted by atomic mass is 16.5. The van der Waals surface area contributed by atoms with E-state index in [1.165, 1.54) is 0 Å². The van der Waals surface area contributed by atoms with Gasteiger partial charge in [-0.15, -0.1) is 0 Å². The van der Waals surface area contributed by atoms with E-state index in [1.807, 2.05) is 6.07 Å². The number of hydrogen-bond acceptors (Lipinski definition) is 4. The normalized spacial score (nSPS) is 16.2. The summed E-state index contributed by atoms with van der Waals surface area (Å²) in [6, 6.07) is 6.95. The number of benzene rings is 1. The third-order valence-electron chi connectivity index (χ3n) is 3.52. The summed E-state index contributed by atoms with van der Waals surface area (Å²) in [6.45, 7) is 1.33. The van der Waals surface area contributed by atoms with Crippen LogP contribution >= 0.6 is 0 Å². The van der Waals surface area contributed by atoms with Crippen LogP contribution in [0.4, 0.5) is 0 Å². The smallest absolute Gasteiger partial charge is 0.255 e. The van der Waals surface area contributed by atoms with Gasteiger partial charge in [0.25, 0.3) is 5.91 Å². The first-order chi connectivity index (χ1) is 9.74. The molecule has 0 aliphatic carbocycles. The van der Waals surface area contributed by atoms with Crippen LogP contribution in [0.2, 0.25) is 0 Å². The fourth-order valence-electron chi connectivity index (χ4n) is 2.40. The van der Waals surface area contributed by atoms with E-state index in [2.05, 4.69) is 10.3 Å². The van der Waals surface area contributed by atoms with E-state index in [1.54, 1.807) is 24.4 Å². The van der Waals surface area contributed by atoms with Crippen LogP contribution in [0.5, 0.6) is 5.75 Å². The summed E-state index contributed by atoms with van der Waals surface area (Å²) in [5.74, 6) is -0.281. The first-order valence-corrected chi connectivity index (χ1v) is 6.70. The molecule has 2 heterocycles. The number of rotatable bonds is 2. The Kier molecular flexibility index (Phi) is 3.52. The highest BCUT2D eigenvalue weighted by Crippen LogP contribution is 2.24. The Morgan fingerprint density at radius 2 is 2.15 bits per heavy atom. The molecule has 3 rings (SSSR count). The minimum atomic E-state index is -0.262. The molecule has 1 saturated heterocycles. The van der Waals surface area contributed by atoms with Gasteiger partial charge in [0.15, 0.2) is 0 Å². The van der Waals surface area contributed by atoms with Crippen molar-refractivity contribution in [3.8, 4) is 5.75 Å². The third-order valence-corrected chi connectivity index (χ3v) is 3.52. The zero-order valence-electron chi connectivity index (χ0n) is 11.0. The van der Waals surface area contributed by atoms with E-state index >= 15 is 0 Å². The van der Waals surface area contributed by atoms with Gasteiger partial charge in [-0.1, -0.05) is 6.07 Å². The van der Waals surface area contributed by atoms with Crippen LogP contribution in [-0.4, -0.2) is 35.3 Å². The summed E-state index contributed by atoms with van der Waals surface area (Å²) in [5, 5.41) is 13.7. The molecule has 1 aliphatic heterocycles. The van der Waals surface area contributed by atoms with E-state index in [0.29, 0.717) is 18.7 Å². The third kappa shape index (κ3) is 2.58. The van der Waals surface area contributed by atoms with Gasteiger partial charge in [-0.25, -0.2) is 0 Å². The van der Waals surface area contributed by atoms with Crippen molar-refractivity contribution < 1.29 is 14.6 Å². The molecule has 1 fully saturated rings. The molecule has 20 heavy (non-hydrogen) atoms. The van der Waals surface area contributed by atoms with Gasteiger partial charge in [0.1, 0.15) is 5.75 Å². The minimum Gasteiger partial charge on any atom is -0.507 e. The molecule has 1 amide bonds. The van der Waals surface area contributed by atoms with E-state index in [0.717, 1.165) is 18.2 Å². The van der Waals surface area contributed by atoms with Crippen LogP contribution in [0.15, 0.2) is 30.5 Å². The molecule has 0 bridgehead atoms. The van der Waals surface area contributed by atoms with Gasteiger partial charge in [0.2, 0.25) is 0 Å². The lowest BCUT2D eigenvalue weighted by Crippen LogP contribution is -2.38. The molecular weight excluding hydrogens is 256 g/mol. The summed E-state index contributed by atoms with van der Waals surface area (Å²) in [5.41, 5.74) is 0.963. The second kappa shape index (κ2) is 5.46. The molecule has 1 aromatic carbocycles. The van der Waals surface area contributed by atoms with Crippen molar-refractivity contribution >= 4 is 16.8 Å². The number of nitrogens with zero attached hydrogens (tertiary/aromatic N) is 1. The number of fused-ring (bicyclic) bond motifs is 1. The van der Waals surface area contributed by atoms with E-state index in [9.17, 15) is 9.90 Å². The molecule has 2 aromatic rings. The molecule has 0 unspecified atom stereocenters. The largest absolute Gasteiger partial charge is 0.507 e. The maximum Gasteiger partial charge on any atom is 0.255 e. The second-order valence-corrected chi connectivity index (χ2v) is 4.93. The molecule has 1 aliphatic rings. The predicted molar refractivity (Wildman–Crippen MR) is 74.7 cm³/mol. The van der Waals surface area contributed by atoms with Crippen molar-refractivity contribution in [2.75, 3.05) is 13.2 Å². The van der Waals surface area contributed by atoms with Gasteiger partial charge in [-0.3, -0.25) is 9.78 Å². The standard InChI is InChI=1S/C15H16N2O3/c18-14-8-10-2-1-5-16-13(10)9-12(14)15(19)17-11-3-6-20-7-4-11/h1-2,5,8-9,11,18H,3-4,6-7H2,(H,17,19). The zero-order valence-corrected chi connectivity index (χ0v) is 11.0. The Morgan fingerprint density at radius 1 is 1.35 bits per heavy atom. The van der Waals surface area contributed by atoms with Crippen LogP contribution in [0.3, 0.4) is 0 Å². The average Bonchev–Trinajstić information content (AvgIpc) is 2.47. The van der Waals surface area contributed by atoms with Crippen molar-refractivity contribution in [2.45, 2.75) is 18.9 Å². The first kappa shape index (κ1) is 12.9. The monoisotopic (exact) mass is 272 g/mol. The van der Waals surface area contributed by atoms with Crippen LogP contribution in [0.25, 0.3) is 10.9 Å². The predicted octanol–water partition coefficient (Wildman–Crippen LogP) is 1.85. The van der Waals surface area contributed by atoms with Crippen LogP contribution in [-0.2, 0) is 4.74 Å². The SMILES string of the molecule is O=C(NC1CCOCC1)c1cc2ncccc2cc1O. The van der Waals surface area contributed by atoms with Crippen molar-refractivity contribution in [3.05, 3.63) is 36.0 Å². The molecule has 0 spiro atoms. The number of carbonyl (C=O) groups is 1. The average molecular weight is 272 g/mol. The lowest BCUT2D eigenvalue weighted by Gasteiger charge is -2.23. The molecule has 104 valence electrons. The number of nitrogens with one attached hydrogen (secondary N) is 1. The Bertz CT molecular complexity index is 636. The van der Waals surface area contributed by atoms with Gasteiger partial charge in [-0.05, 0) is 31.0 Å². The number of carbonyl (C=O) groups excluding carboxylic acids is 1. The number of phenolic OH excluding ortho intramolecular Hbond substituents is 1. The molecule has 2 N–H and O–H groups in total. The number of ether oxygens (including phenoxy) is 1. The Balaban J connectivity index is 1.84. The summed E-state index contributed by atoms with van der Waals surface area (Å²) in [6.07, 6.45) is 3.27. The van der Waals surface area contributed by atoms with Crippen molar-refractivity contribution in [1.29, 1.82) is 0 Å². The topological polar surface area (TPSA) is 71.5 Å². The maximum atomic E-state index is 12.2. The molecular formula is C15H16N2O3. The number of hydrogen-bond donors (Lipinski definition) is 2. The Hall–Kier alpha value is -2.14. The van der Waals surface area contributed by atoms with Gasteiger partial charge in [-0.2, -0.15) is 0 Å².